The van der Waals surface area contributed by atoms with E-state index in [0.717, 1.165) is 12.3 Å². The van der Waals surface area contributed by atoms with Crippen molar-refractivity contribution in [2.45, 2.75) is 39.5 Å². The number of rotatable bonds is 4. The van der Waals surface area contributed by atoms with E-state index in [1.54, 1.807) is 0 Å². The molecule has 0 amide bonds. The van der Waals surface area contributed by atoms with Crippen molar-refractivity contribution < 1.29 is 4.79 Å². The molecule has 78 valence electrons. The third-order valence-electron chi connectivity index (χ3n) is 3.96. The molecule has 0 aromatic heterocycles. The fraction of sp³-hybridized carbons (Fsp3) is 0.769. The molecule has 0 aromatic carbocycles. The molecule has 1 heteroatoms. The lowest BCUT2D eigenvalue weighted by molar-refractivity contribution is -0.124. The smallest absolute Gasteiger partial charge is 0.136 e. The first-order chi connectivity index (χ1) is 6.77. The molecule has 0 aromatic rings. The first-order valence-corrected chi connectivity index (χ1v) is 5.99. The Morgan fingerprint density at radius 3 is 2.64 bits per heavy atom. The van der Waals surface area contributed by atoms with Crippen LogP contribution in [0.5, 0.6) is 0 Å². The van der Waals surface area contributed by atoms with Gasteiger partial charge in [0.15, 0.2) is 0 Å². The largest absolute Gasteiger partial charge is 0.299 e. The van der Waals surface area contributed by atoms with Gasteiger partial charge < -0.3 is 0 Å². The van der Waals surface area contributed by atoms with E-state index in [4.69, 9.17) is 0 Å². The van der Waals surface area contributed by atoms with E-state index in [2.05, 4.69) is 19.1 Å². The summed E-state index contributed by atoms with van der Waals surface area (Å²) >= 11 is 0. The maximum Gasteiger partial charge on any atom is 0.136 e. The summed E-state index contributed by atoms with van der Waals surface area (Å²) in [7, 11) is 0. The lowest BCUT2D eigenvalue weighted by atomic mass is 9.77. The van der Waals surface area contributed by atoms with E-state index in [-0.39, 0.29) is 0 Å². The highest BCUT2D eigenvalue weighted by Gasteiger charge is 2.46. The maximum absolute atomic E-state index is 11.9. The number of Topliss-reactive ketones (excluding diaryl/α,β-unsaturated/α-hetero) is 1. The van der Waals surface area contributed by atoms with Crippen LogP contribution in [0.3, 0.4) is 0 Å². The van der Waals surface area contributed by atoms with Gasteiger partial charge in [-0.1, -0.05) is 32.4 Å². The first kappa shape index (κ1) is 9.95. The Hall–Kier alpha value is -0.590. The van der Waals surface area contributed by atoms with Crippen molar-refractivity contribution in [3.05, 3.63) is 12.2 Å². The molecule has 0 unspecified atom stereocenters. The average Bonchev–Trinajstić information content (AvgIpc) is 2.77. The fourth-order valence-corrected chi connectivity index (χ4v) is 3.36. The Balaban J connectivity index is 2.13. The molecule has 0 N–H and O–H groups in total. The third-order valence-corrected chi connectivity index (χ3v) is 3.96. The van der Waals surface area contributed by atoms with E-state index in [1.165, 1.54) is 19.3 Å². The molecule has 0 saturated heterocycles. The Bertz CT molecular complexity index is 254. The van der Waals surface area contributed by atoms with Gasteiger partial charge in [-0.25, -0.2) is 0 Å². The Labute approximate surface area is 86.6 Å². The standard InChI is InChI=1S/C13H20O/c1-3-5-11-9-6-7-10(8-9)13(11)12(14)4-2/h6-7,9-11,13H,3-5,8H2,1-2H3/t9-,10+,11+,13+/m1/s1. The van der Waals surface area contributed by atoms with Crippen molar-refractivity contribution in [1.29, 1.82) is 0 Å². The van der Waals surface area contributed by atoms with Gasteiger partial charge in [-0.3, -0.25) is 4.79 Å². The van der Waals surface area contributed by atoms with Crippen LogP contribution in [0.2, 0.25) is 0 Å². The minimum absolute atomic E-state index is 0.370. The molecule has 2 bridgehead atoms. The molecule has 0 radical (unpaired) electrons. The van der Waals surface area contributed by atoms with Crippen LogP contribution in [0.4, 0.5) is 0 Å². The Kier molecular flexibility index (Phi) is 2.76. The molecule has 14 heavy (non-hydrogen) atoms. The Morgan fingerprint density at radius 2 is 2.00 bits per heavy atom. The molecular formula is C13H20O. The highest BCUT2D eigenvalue weighted by Crippen LogP contribution is 2.50. The maximum atomic E-state index is 11.9. The summed E-state index contributed by atoms with van der Waals surface area (Å²) in [5.74, 6) is 2.85. The van der Waals surface area contributed by atoms with Gasteiger partial charge in [0.2, 0.25) is 0 Å². The van der Waals surface area contributed by atoms with Crippen molar-refractivity contribution in [3.8, 4) is 0 Å². The van der Waals surface area contributed by atoms with Crippen LogP contribution in [0, 0.1) is 23.7 Å². The second kappa shape index (κ2) is 3.88. The molecule has 2 aliphatic rings. The second-order valence-corrected chi connectivity index (χ2v) is 4.75. The molecule has 1 nitrogen and oxygen atoms in total. The van der Waals surface area contributed by atoms with Gasteiger partial charge in [-0.2, -0.15) is 0 Å². The minimum Gasteiger partial charge on any atom is -0.299 e. The van der Waals surface area contributed by atoms with Crippen molar-refractivity contribution in [2.24, 2.45) is 23.7 Å². The van der Waals surface area contributed by atoms with Crippen molar-refractivity contribution in [1.82, 2.24) is 0 Å². The quantitative estimate of drug-likeness (QED) is 0.625. The number of fused-ring (bicyclic) bond motifs is 2. The van der Waals surface area contributed by atoms with E-state index >= 15 is 0 Å². The Morgan fingerprint density at radius 1 is 1.29 bits per heavy atom. The molecule has 0 aliphatic heterocycles. The van der Waals surface area contributed by atoms with Gasteiger partial charge in [-0.15, -0.1) is 0 Å². The SMILES string of the molecule is CCC[C@@H]1[C@@H](C(=O)CC)[C@H]2C=C[C@@H]1C2. The number of allylic oxidation sites excluding steroid dienone is 2. The van der Waals surface area contributed by atoms with Crippen LogP contribution >= 0.6 is 0 Å². The molecule has 0 spiro atoms. The normalized spacial score (nSPS) is 39.3. The third kappa shape index (κ3) is 1.43. The summed E-state index contributed by atoms with van der Waals surface area (Å²) in [4.78, 5) is 11.9. The molecule has 1 saturated carbocycles. The molecule has 0 heterocycles. The first-order valence-electron chi connectivity index (χ1n) is 5.99. The highest BCUT2D eigenvalue weighted by molar-refractivity contribution is 5.82. The van der Waals surface area contributed by atoms with Gasteiger partial charge in [0, 0.05) is 12.3 Å². The lowest BCUT2D eigenvalue weighted by Crippen LogP contribution is -2.27. The number of hydrogen-bond acceptors (Lipinski definition) is 1. The zero-order valence-corrected chi connectivity index (χ0v) is 9.20. The van der Waals surface area contributed by atoms with Gasteiger partial charge in [0.25, 0.3) is 0 Å². The summed E-state index contributed by atoms with van der Waals surface area (Å²) < 4.78 is 0. The van der Waals surface area contributed by atoms with E-state index < -0.39 is 0 Å². The van der Waals surface area contributed by atoms with E-state index in [9.17, 15) is 4.79 Å². The zero-order chi connectivity index (χ0) is 10.1. The topological polar surface area (TPSA) is 17.1 Å². The number of hydrogen-bond donors (Lipinski definition) is 0. The summed E-state index contributed by atoms with van der Waals surface area (Å²) in [5, 5.41) is 0. The van der Waals surface area contributed by atoms with Crippen LogP contribution in [-0.4, -0.2) is 5.78 Å². The van der Waals surface area contributed by atoms with Crippen LogP contribution < -0.4 is 0 Å². The molecule has 2 aliphatic carbocycles. The van der Waals surface area contributed by atoms with Crippen LogP contribution in [0.1, 0.15) is 39.5 Å². The van der Waals surface area contributed by atoms with Crippen LogP contribution in [0.15, 0.2) is 12.2 Å². The average molecular weight is 192 g/mol. The second-order valence-electron chi connectivity index (χ2n) is 4.75. The lowest BCUT2D eigenvalue weighted by Gasteiger charge is -2.26. The molecule has 4 atom stereocenters. The van der Waals surface area contributed by atoms with Crippen molar-refractivity contribution in [2.75, 3.05) is 0 Å². The molecular weight excluding hydrogens is 172 g/mol. The predicted octanol–water partition coefficient (Wildman–Crippen LogP) is 3.20. The zero-order valence-electron chi connectivity index (χ0n) is 9.20. The molecule has 1 fully saturated rings. The summed E-state index contributed by atoms with van der Waals surface area (Å²) in [6.07, 6.45) is 9.07. The van der Waals surface area contributed by atoms with Gasteiger partial charge >= 0.3 is 0 Å². The summed E-state index contributed by atoms with van der Waals surface area (Å²) in [5.41, 5.74) is 0. The van der Waals surface area contributed by atoms with E-state index in [0.29, 0.717) is 23.5 Å². The molecule has 2 rings (SSSR count). The van der Waals surface area contributed by atoms with Crippen molar-refractivity contribution in [3.63, 3.8) is 0 Å². The van der Waals surface area contributed by atoms with Gasteiger partial charge in [0.1, 0.15) is 5.78 Å². The number of carbonyl (C=O) groups is 1. The van der Waals surface area contributed by atoms with Gasteiger partial charge in [0.05, 0.1) is 0 Å². The summed E-state index contributed by atoms with van der Waals surface area (Å²) in [6.45, 7) is 4.23. The predicted molar refractivity (Wildman–Crippen MR) is 57.9 cm³/mol. The number of carbonyl (C=O) groups excluding carboxylic acids is 1. The van der Waals surface area contributed by atoms with Crippen molar-refractivity contribution >= 4 is 5.78 Å². The monoisotopic (exact) mass is 192 g/mol. The highest BCUT2D eigenvalue weighted by atomic mass is 16.1. The fourth-order valence-electron chi connectivity index (χ4n) is 3.36. The van der Waals surface area contributed by atoms with E-state index in [1.807, 2.05) is 6.92 Å². The van der Waals surface area contributed by atoms with Crippen LogP contribution in [-0.2, 0) is 4.79 Å². The summed E-state index contributed by atoms with van der Waals surface area (Å²) in [6, 6.07) is 0. The van der Waals surface area contributed by atoms with Crippen LogP contribution in [0.25, 0.3) is 0 Å². The minimum atomic E-state index is 0.370. The van der Waals surface area contributed by atoms with Gasteiger partial charge in [-0.05, 0) is 30.6 Å². The number of ketones is 1.